The topological polar surface area (TPSA) is 104 Å². The number of fused-ring (bicyclic) bond motifs is 1. The van der Waals surface area contributed by atoms with Gasteiger partial charge in [-0.2, -0.15) is 5.26 Å². The van der Waals surface area contributed by atoms with E-state index >= 15 is 0 Å². The molecule has 0 saturated heterocycles. The van der Waals surface area contributed by atoms with Crippen molar-refractivity contribution < 1.29 is 23.7 Å². The Bertz CT molecular complexity index is 1340. The lowest BCUT2D eigenvalue weighted by atomic mass is 9.83. The molecular formula is C29H28N2O5. The minimum Gasteiger partial charge on any atom is -0.494 e. The molecule has 1 atom stereocenters. The van der Waals surface area contributed by atoms with Crippen LogP contribution in [0, 0.1) is 25.2 Å². The van der Waals surface area contributed by atoms with Gasteiger partial charge >= 0.3 is 5.97 Å². The highest BCUT2D eigenvalue weighted by Gasteiger charge is 2.31. The highest BCUT2D eigenvalue weighted by molar-refractivity contribution is 5.74. The Labute approximate surface area is 210 Å². The summed E-state index contributed by atoms with van der Waals surface area (Å²) in [7, 11) is 0. The van der Waals surface area contributed by atoms with Gasteiger partial charge in [0.05, 0.1) is 12.5 Å². The van der Waals surface area contributed by atoms with Gasteiger partial charge in [-0.15, -0.1) is 0 Å². The van der Waals surface area contributed by atoms with Crippen LogP contribution in [0.4, 0.5) is 0 Å². The van der Waals surface area contributed by atoms with Gasteiger partial charge in [0.2, 0.25) is 5.88 Å². The summed E-state index contributed by atoms with van der Waals surface area (Å²) in [5.74, 6) is 1.11. The number of hydrogen-bond acceptors (Lipinski definition) is 7. The van der Waals surface area contributed by atoms with Crippen molar-refractivity contribution in [1.82, 2.24) is 0 Å². The van der Waals surface area contributed by atoms with Crippen LogP contribution in [0.3, 0.4) is 0 Å². The molecule has 3 aromatic carbocycles. The lowest BCUT2D eigenvalue weighted by Gasteiger charge is -2.26. The number of hydrogen-bond donors (Lipinski definition) is 1. The van der Waals surface area contributed by atoms with Crippen LogP contribution in [0.15, 0.2) is 72.1 Å². The van der Waals surface area contributed by atoms with Crippen molar-refractivity contribution in [2.45, 2.75) is 33.1 Å². The predicted molar refractivity (Wildman–Crippen MR) is 135 cm³/mol. The third-order valence-corrected chi connectivity index (χ3v) is 5.94. The molecule has 7 nitrogen and oxygen atoms in total. The Morgan fingerprint density at radius 2 is 1.69 bits per heavy atom. The van der Waals surface area contributed by atoms with Gasteiger partial charge in [-0.1, -0.05) is 31.2 Å². The smallest absolute Gasteiger partial charge is 0.349 e. The van der Waals surface area contributed by atoms with Gasteiger partial charge in [-0.3, -0.25) is 0 Å². The average Bonchev–Trinajstić information content (AvgIpc) is 2.87. The fraction of sp³-hybridized carbons (Fsp3) is 0.241. The van der Waals surface area contributed by atoms with E-state index in [-0.39, 0.29) is 18.2 Å². The van der Waals surface area contributed by atoms with E-state index in [1.807, 2.05) is 63.2 Å². The van der Waals surface area contributed by atoms with Crippen LogP contribution in [-0.2, 0) is 4.79 Å². The molecule has 0 radical (unpaired) electrons. The van der Waals surface area contributed by atoms with E-state index in [4.69, 9.17) is 24.7 Å². The van der Waals surface area contributed by atoms with Crippen LogP contribution in [0.2, 0.25) is 0 Å². The number of aryl methyl sites for hydroxylation is 2. The minimum atomic E-state index is -0.551. The Hall–Kier alpha value is -4.44. The first-order valence-electron chi connectivity index (χ1n) is 11.7. The molecule has 36 heavy (non-hydrogen) atoms. The minimum absolute atomic E-state index is 0.0165. The molecule has 184 valence electrons. The van der Waals surface area contributed by atoms with Crippen LogP contribution in [0.1, 0.15) is 41.5 Å². The second-order valence-corrected chi connectivity index (χ2v) is 8.55. The van der Waals surface area contributed by atoms with E-state index < -0.39 is 11.9 Å². The maximum Gasteiger partial charge on any atom is 0.349 e. The summed E-state index contributed by atoms with van der Waals surface area (Å²) in [6.07, 6.45) is 0.914. The standard InChI is InChI=1S/C29H28N2O5/c1-4-13-33-21-9-6-20(7-10-21)28-24-12-11-23(15-26(24)36-29(31)25(28)16-30)35-27(32)17-34-22-8-5-18(2)19(3)14-22/h5-12,14-15,28H,4,13,17,31H2,1-3H3. The van der Waals surface area contributed by atoms with Gasteiger partial charge in [-0.05, 0) is 67.3 Å². The Morgan fingerprint density at radius 1 is 0.972 bits per heavy atom. The molecule has 0 aromatic heterocycles. The quantitative estimate of drug-likeness (QED) is 0.342. The molecule has 0 spiro atoms. The summed E-state index contributed by atoms with van der Waals surface area (Å²) >= 11 is 0. The van der Waals surface area contributed by atoms with Crippen molar-refractivity contribution in [3.63, 3.8) is 0 Å². The van der Waals surface area contributed by atoms with Crippen molar-refractivity contribution in [3.8, 4) is 29.1 Å². The van der Waals surface area contributed by atoms with Crippen LogP contribution < -0.4 is 24.7 Å². The molecule has 1 unspecified atom stereocenters. The SMILES string of the molecule is CCCOc1ccc(C2C(C#N)=C(N)Oc3cc(OC(=O)COc4ccc(C)c(C)c4)ccc32)cc1. The molecule has 0 amide bonds. The molecule has 1 heterocycles. The summed E-state index contributed by atoms with van der Waals surface area (Å²) in [4.78, 5) is 12.4. The summed E-state index contributed by atoms with van der Waals surface area (Å²) in [5.41, 5.74) is 10.2. The van der Waals surface area contributed by atoms with Crippen molar-refractivity contribution in [3.05, 3.63) is 94.4 Å². The monoisotopic (exact) mass is 484 g/mol. The van der Waals surface area contributed by atoms with E-state index in [1.54, 1.807) is 18.2 Å². The van der Waals surface area contributed by atoms with E-state index in [9.17, 15) is 10.1 Å². The number of carbonyl (C=O) groups is 1. The molecule has 0 saturated carbocycles. The highest BCUT2D eigenvalue weighted by Crippen LogP contribution is 2.43. The third kappa shape index (κ3) is 5.44. The van der Waals surface area contributed by atoms with Crippen molar-refractivity contribution >= 4 is 5.97 Å². The van der Waals surface area contributed by atoms with Gasteiger partial charge in [0.25, 0.3) is 0 Å². The Morgan fingerprint density at radius 3 is 2.39 bits per heavy atom. The summed E-state index contributed by atoms with van der Waals surface area (Å²) in [6.45, 7) is 6.43. The van der Waals surface area contributed by atoms with Crippen molar-refractivity contribution in [2.75, 3.05) is 13.2 Å². The summed E-state index contributed by atoms with van der Waals surface area (Å²) in [5, 5.41) is 9.77. The number of esters is 1. The average molecular weight is 485 g/mol. The summed E-state index contributed by atoms with van der Waals surface area (Å²) in [6, 6.07) is 20.4. The second-order valence-electron chi connectivity index (χ2n) is 8.55. The van der Waals surface area contributed by atoms with E-state index in [2.05, 4.69) is 6.07 Å². The molecular weight excluding hydrogens is 456 g/mol. The predicted octanol–water partition coefficient (Wildman–Crippen LogP) is 5.29. The number of nitrogens with two attached hydrogens (primary N) is 1. The maximum atomic E-state index is 12.4. The zero-order chi connectivity index (χ0) is 25.7. The Kier molecular flexibility index (Phi) is 7.45. The number of ether oxygens (including phenoxy) is 4. The first-order valence-corrected chi connectivity index (χ1v) is 11.7. The van der Waals surface area contributed by atoms with Crippen LogP contribution in [0.25, 0.3) is 0 Å². The van der Waals surface area contributed by atoms with Gasteiger partial charge in [0.1, 0.15) is 34.6 Å². The summed E-state index contributed by atoms with van der Waals surface area (Å²) < 4.78 is 22.4. The lowest BCUT2D eigenvalue weighted by Crippen LogP contribution is -2.21. The van der Waals surface area contributed by atoms with Gasteiger partial charge in [0.15, 0.2) is 6.61 Å². The number of benzene rings is 3. The van der Waals surface area contributed by atoms with E-state index in [0.29, 0.717) is 23.7 Å². The number of allylic oxidation sites excluding steroid dienone is 1. The van der Waals surface area contributed by atoms with Crippen LogP contribution >= 0.6 is 0 Å². The maximum absolute atomic E-state index is 12.4. The molecule has 4 rings (SSSR count). The third-order valence-electron chi connectivity index (χ3n) is 5.94. The first kappa shape index (κ1) is 24.7. The molecule has 7 heteroatoms. The van der Waals surface area contributed by atoms with Gasteiger partial charge in [0, 0.05) is 11.6 Å². The van der Waals surface area contributed by atoms with E-state index in [0.717, 1.165) is 34.4 Å². The normalized spacial score (nSPS) is 14.3. The van der Waals surface area contributed by atoms with Gasteiger partial charge < -0.3 is 24.7 Å². The number of rotatable bonds is 8. The molecule has 3 aromatic rings. The Balaban J connectivity index is 1.51. The number of carbonyl (C=O) groups excluding carboxylic acids is 1. The number of nitriles is 1. The molecule has 2 N–H and O–H groups in total. The van der Waals surface area contributed by atoms with Crippen molar-refractivity contribution in [2.24, 2.45) is 5.73 Å². The lowest BCUT2D eigenvalue weighted by molar-refractivity contribution is -0.136. The number of nitrogens with zero attached hydrogens (tertiary/aromatic N) is 1. The fourth-order valence-corrected chi connectivity index (χ4v) is 3.93. The zero-order valence-corrected chi connectivity index (χ0v) is 20.5. The molecule has 1 aliphatic heterocycles. The van der Waals surface area contributed by atoms with Crippen molar-refractivity contribution in [1.29, 1.82) is 5.26 Å². The van der Waals surface area contributed by atoms with E-state index in [1.165, 1.54) is 0 Å². The highest BCUT2D eigenvalue weighted by atomic mass is 16.6. The van der Waals surface area contributed by atoms with Crippen LogP contribution in [-0.4, -0.2) is 19.2 Å². The molecule has 0 aliphatic carbocycles. The van der Waals surface area contributed by atoms with Crippen LogP contribution in [0.5, 0.6) is 23.0 Å². The fourth-order valence-electron chi connectivity index (χ4n) is 3.93. The first-order chi connectivity index (χ1) is 17.4. The largest absolute Gasteiger partial charge is 0.494 e. The molecule has 1 aliphatic rings. The second kappa shape index (κ2) is 10.9. The molecule has 0 fully saturated rings. The van der Waals surface area contributed by atoms with Gasteiger partial charge in [-0.25, -0.2) is 4.79 Å². The zero-order valence-electron chi connectivity index (χ0n) is 20.5. The molecule has 0 bridgehead atoms.